The van der Waals surface area contributed by atoms with Gasteiger partial charge in [0.15, 0.2) is 0 Å². The monoisotopic (exact) mass is 121 g/mol. The number of rotatable bonds is 0. The van der Waals surface area contributed by atoms with Crippen LogP contribution in [0.25, 0.3) is 0 Å². The normalized spacial score (nSPS) is 19.1. The second kappa shape index (κ2) is 2.18. The number of hydrogen-bond acceptors (Lipinski definition) is 1. The maximum absolute atomic E-state index is 4.15. The van der Waals surface area contributed by atoms with Crippen molar-refractivity contribution in [1.29, 1.82) is 0 Å². The average Bonchev–Trinajstić information content (AvgIpc) is 1.80. The van der Waals surface area contributed by atoms with Crippen LogP contribution < -0.4 is 0 Å². The van der Waals surface area contributed by atoms with Crippen LogP contribution in [0, 0.1) is 0 Å². The summed E-state index contributed by atoms with van der Waals surface area (Å²) < 4.78 is 0. The molecule has 0 bridgehead atoms. The molecule has 0 fully saturated rings. The highest BCUT2D eigenvalue weighted by Gasteiger charge is 2.01. The Morgan fingerprint density at radius 2 is 2.22 bits per heavy atom. The van der Waals surface area contributed by atoms with Gasteiger partial charge in [0, 0.05) is 11.9 Å². The van der Waals surface area contributed by atoms with Gasteiger partial charge in [-0.15, -0.1) is 0 Å². The molecule has 0 aromatic carbocycles. The third-order valence-electron chi connectivity index (χ3n) is 1.55. The Morgan fingerprint density at radius 1 is 1.56 bits per heavy atom. The van der Waals surface area contributed by atoms with E-state index in [4.69, 9.17) is 0 Å². The molecule has 0 unspecified atom stereocenters. The minimum atomic E-state index is 0.995. The molecule has 0 radical (unpaired) electrons. The lowest BCUT2D eigenvalue weighted by Gasteiger charge is -2.08. The first kappa shape index (κ1) is 6.27. The van der Waals surface area contributed by atoms with E-state index in [0.29, 0.717) is 0 Å². The molecule has 0 atom stereocenters. The summed E-state index contributed by atoms with van der Waals surface area (Å²) in [4.78, 5) is 4.15. The van der Waals surface area contributed by atoms with Crippen molar-refractivity contribution in [1.82, 2.24) is 0 Å². The lowest BCUT2D eigenvalue weighted by Crippen LogP contribution is -1.93. The van der Waals surface area contributed by atoms with Crippen molar-refractivity contribution in [3.63, 3.8) is 0 Å². The van der Waals surface area contributed by atoms with Crippen LogP contribution in [0.15, 0.2) is 28.4 Å². The fourth-order valence-electron chi connectivity index (χ4n) is 0.812. The van der Waals surface area contributed by atoms with E-state index in [0.717, 1.165) is 17.7 Å². The van der Waals surface area contributed by atoms with Gasteiger partial charge in [0.05, 0.1) is 0 Å². The van der Waals surface area contributed by atoms with Crippen molar-refractivity contribution in [2.75, 3.05) is 0 Å². The first-order valence-electron chi connectivity index (χ1n) is 3.08. The fourth-order valence-corrected chi connectivity index (χ4v) is 0.812. The van der Waals surface area contributed by atoms with Gasteiger partial charge in [0.25, 0.3) is 0 Å². The van der Waals surface area contributed by atoms with Crippen LogP contribution in [-0.2, 0) is 0 Å². The van der Waals surface area contributed by atoms with Crippen LogP contribution in [0.4, 0.5) is 0 Å². The molecule has 0 aromatic rings. The largest absolute Gasteiger partial charge is 0.261 e. The SMILES string of the molecule is C=C1C=NC(C)=C(C)C1. The summed E-state index contributed by atoms with van der Waals surface area (Å²) in [5, 5.41) is 0. The molecule has 1 aliphatic rings. The van der Waals surface area contributed by atoms with E-state index in [2.05, 4.69) is 18.5 Å². The van der Waals surface area contributed by atoms with E-state index in [1.807, 2.05) is 13.1 Å². The molecule has 0 spiro atoms. The Kier molecular flexibility index (Phi) is 1.52. The highest BCUT2D eigenvalue weighted by atomic mass is 14.7. The van der Waals surface area contributed by atoms with E-state index < -0.39 is 0 Å². The molecule has 1 rings (SSSR count). The Bertz CT molecular complexity index is 197. The highest BCUT2D eigenvalue weighted by molar-refractivity contribution is 5.80. The zero-order valence-electron chi connectivity index (χ0n) is 5.94. The van der Waals surface area contributed by atoms with Gasteiger partial charge in [-0.3, -0.25) is 4.99 Å². The summed E-state index contributed by atoms with van der Waals surface area (Å²) in [6.45, 7) is 7.94. The summed E-state index contributed by atoms with van der Waals surface area (Å²) in [5.74, 6) is 0. The standard InChI is InChI=1S/C8H11N/c1-6-4-7(2)8(3)9-5-6/h5H,1,4H2,2-3H3. The Labute approximate surface area is 55.8 Å². The fraction of sp³-hybridized carbons (Fsp3) is 0.375. The second-order valence-electron chi connectivity index (χ2n) is 2.46. The maximum atomic E-state index is 4.15. The zero-order chi connectivity index (χ0) is 6.85. The number of nitrogens with zero attached hydrogens (tertiary/aromatic N) is 1. The Hall–Kier alpha value is -0.850. The molecule has 1 nitrogen and oxygen atoms in total. The third kappa shape index (κ3) is 1.28. The van der Waals surface area contributed by atoms with Crippen molar-refractivity contribution in [3.05, 3.63) is 23.4 Å². The van der Waals surface area contributed by atoms with Crippen LogP contribution in [0.5, 0.6) is 0 Å². The second-order valence-corrected chi connectivity index (χ2v) is 2.46. The van der Waals surface area contributed by atoms with Crippen molar-refractivity contribution in [2.24, 2.45) is 4.99 Å². The van der Waals surface area contributed by atoms with Crippen molar-refractivity contribution in [2.45, 2.75) is 20.3 Å². The van der Waals surface area contributed by atoms with Gasteiger partial charge in [-0.1, -0.05) is 6.58 Å². The smallest absolute Gasteiger partial charge is 0.0365 e. The van der Waals surface area contributed by atoms with Crippen molar-refractivity contribution >= 4 is 6.21 Å². The van der Waals surface area contributed by atoms with Gasteiger partial charge in [0.2, 0.25) is 0 Å². The average molecular weight is 121 g/mol. The molecule has 0 saturated carbocycles. The van der Waals surface area contributed by atoms with Gasteiger partial charge in [-0.25, -0.2) is 0 Å². The molecule has 1 heterocycles. The molecule has 0 aliphatic carbocycles. The molecule has 1 aliphatic heterocycles. The third-order valence-corrected chi connectivity index (χ3v) is 1.55. The summed E-state index contributed by atoms with van der Waals surface area (Å²) in [7, 11) is 0. The molecule has 0 aromatic heterocycles. The van der Waals surface area contributed by atoms with Crippen LogP contribution >= 0.6 is 0 Å². The number of aliphatic imine (C=N–C) groups is 1. The maximum Gasteiger partial charge on any atom is 0.0365 e. The zero-order valence-corrected chi connectivity index (χ0v) is 5.94. The van der Waals surface area contributed by atoms with Crippen molar-refractivity contribution in [3.8, 4) is 0 Å². The van der Waals surface area contributed by atoms with Crippen LogP contribution in [0.1, 0.15) is 20.3 Å². The van der Waals surface area contributed by atoms with Crippen LogP contribution in [0.2, 0.25) is 0 Å². The summed E-state index contributed by atoms with van der Waals surface area (Å²) in [5.41, 5.74) is 3.59. The molecule has 0 N–H and O–H groups in total. The first-order chi connectivity index (χ1) is 4.20. The Balaban J connectivity index is 2.87. The van der Waals surface area contributed by atoms with Gasteiger partial charge >= 0.3 is 0 Å². The number of allylic oxidation sites excluding steroid dienone is 3. The quantitative estimate of drug-likeness (QED) is 0.466. The molecule has 48 valence electrons. The van der Waals surface area contributed by atoms with E-state index in [9.17, 15) is 0 Å². The summed E-state index contributed by atoms with van der Waals surface area (Å²) >= 11 is 0. The number of hydrogen-bond donors (Lipinski definition) is 0. The molecule has 9 heavy (non-hydrogen) atoms. The van der Waals surface area contributed by atoms with E-state index in [1.165, 1.54) is 5.57 Å². The van der Waals surface area contributed by atoms with E-state index in [1.54, 1.807) is 0 Å². The van der Waals surface area contributed by atoms with Crippen molar-refractivity contribution < 1.29 is 0 Å². The van der Waals surface area contributed by atoms with Crippen LogP contribution in [-0.4, -0.2) is 6.21 Å². The van der Waals surface area contributed by atoms with Gasteiger partial charge in [0.1, 0.15) is 0 Å². The lowest BCUT2D eigenvalue weighted by atomic mass is 10.1. The first-order valence-corrected chi connectivity index (χ1v) is 3.08. The van der Waals surface area contributed by atoms with Gasteiger partial charge in [-0.05, 0) is 31.4 Å². The van der Waals surface area contributed by atoms with Gasteiger partial charge in [-0.2, -0.15) is 0 Å². The van der Waals surface area contributed by atoms with E-state index >= 15 is 0 Å². The summed E-state index contributed by atoms with van der Waals surface area (Å²) in [6, 6.07) is 0. The molecular formula is C8H11N. The predicted molar refractivity (Wildman–Crippen MR) is 40.6 cm³/mol. The highest BCUT2D eigenvalue weighted by Crippen LogP contribution is 2.17. The molecule has 1 heteroatoms. The van der Waals surface area contributed by atoms with E-state index in [-0.39, 0.29) is 0 Å². The predicted octanol–water partition coefficient (Wildman–Crippen LogP) is 2.31. The molecule has 0 amide bonds. The minimum absolute atomic E-state index is 0.995. The Morgan fingerprint density at radius 3 is 2.67 bits per heavy atom. The topological polar surface area (TPSA) is 12.4 Å². The molecule has 0 saturated heterocycles. The minimum Gasteiger partial charge on any atom is -0.261 e. The summed E-state index contributed by atoms with van der Waals surface area (Å²) in [6.07, 6.45) is 2.83. The molecular weight excluding hydrogens is 110 g/mol. The lowest BCUT2D eigenvalue weighted by molar-refractivity contribution is 1.07. The van der Waals surface area contributed by atoms with Crippen LogP contribution in [0.3, 0.4) is 0 Å². The van der Waals surface area contributed by atoms with Gasteiger partial charge < -0.3 is 0 Å².